The van der Waals surface area contributed by atoms with Gasteiger partial charge < -0.3 is 14.6 Å². The molecule has 0 aromatic carbocycles. The summed E-state index contributed by atoms with van der Waals surface area (Å²) in [5, 5.41) is 9.55. The van der Waals surface area contributed by atoms with E-state index in [1.807, 2.05) is 12.2 Å². The van der Waals surface area contributed by atoms with Gasteiger partial charge in [-0.15, -0.1) is 0 Å². The van der Waals surface area contributed by atoms with Crippen LogP contribution in [0.4, 0.5) is 0 Å². The molecule has 0 saturated heterocycles. The first kappa shape index (κ1) is 44.8. The average Bonchev–Trinajstić information content (AvgIpc) is 3.08. The number of esters is 1. The highest BCUT2D eigenvalue weighted by Crippen LogP contribution is 2.12. The van der Waals surface area contributed by atoms with Crippen LogP contribution in [0, 0.1) is 0 Å². The molecule has 0 aliphatic rings. The van der Waals surface area contributed by atoms with Gasteiger partial charge in [-0.05, 0) is 64.2 Å². The molecule has 0 saturated carbocycles. The third-order valence-electron chi connectivity index (χ3n) is 8.05. The van der Waals surface area contributed by atoms with Gasteiger partial charge in [0.1, 0.15) is 6.10 Å². The Kier molecular flexibility index (Phi) is 38.2. The maximum atomic E-state index is 12.1. The minimum Gasteiger partial charge on any atom is -0.457 e. The molecule has 0 spiro atoms. The Balaban J connectivity index is 3.55. The summed E-state index contributed by atoms with van der Waals surface area (Å²) in [6.07, 6.45) is 54.0. The molecule has 0 radical (unpaired) electrons. The minimum absolute atomic E-state index is 0.209. The number of carbonyl (C=O) groups excluding carboxylic acids is 1. The predicted molar refractivity (Wildman–Crippen MR) is 205 cm³/mol. The fraction of sp³-hybridized carbons (Fsp3) is 0.698. The number of rotatable bonds is 35. The maximum absolute atomic E-state index is 12.1. The van der Waals surface area contributed by atoms with Crippen molar-refractivity contribution in [2.24, 2.45) is 0 Å². The number of hydrogen-bond donors (Lipinski definition) is 1. The van der Waals surface area contributed by atoms with E-state index in [0.717, 1.165) is 38.5 Å². The van der Waals surface area contributed by atoms with Crippen LogP contribution >= 0.6 is 0 Å². The van der Waals surface area contributed by atoms with E-state index < -0.39 is 6.10 Å². The van der Waals surface area contributed by atoms with Crippen LogP contribution in [0.15, 0.2) is 72.9 Å². The van der Waals surface area contributed by atoms with Gasteiger partial charge in [-0.1, -0.05) is 170 Å². The molecule has 0 fully saturated rings. The lowest BCUT2D eigenvalue weighted by Crippen LogP contribution is -2.27. The van der Waals surface area contributed by atoms with Gasteiger partial charge in [0, 0.05) is 6.61 Å². The second-order valence-corrected chi connectivity index (χ2v) is 12.6. The van der Waals surface area contributed by atoms with E-state index in [9.17, 15) is 9.90 Å². The van der Waals surface area contributed by atoms with Gasteiger partial charge in [0.25, 0.3) is 0 Å². The minimum atomic E-state index is -0.591. The van der Waals surface area contributed by atoms with Crippen molar-refractivity contribution in [2.45, 2.75) is 174 Å². The van der Waals surface area contributed by atoms with Crippen LogP contribution in [0.1, 0.15) is 168 Å². The molecule has 270 valence electrons. The number of hydrogen-bond acceptors (Lipinski definition) is 4. The van der Waals surface area contributed by atoms with Crippen molar-refractivity contribution < 1.29 is 19.4 Å². The van der Waals surface area contributed by atoms with Crippen LogP contribution in [0.5, 0.6) is 0 Å². The first-order valence-electron chi connectivity index (χ1n) is 19.5. The largest absolute Gasteiger partial charge is 0.457 e. The molecular weight excluding hydrogens is 580 g/mol. The van der Waals surface area contributed by atoms with Gasteiger partial charge in [-0.3, -0.25) is 4.79 Å². The summed E-state index contributed by atoms with van der Waals surface area (Å²) in [5.74, 6) is -0.329. The summed E-state index contributed by atoms with van der Waals surface area (Å²) < 4.78 is 11.0. The van der Waals surface area contributed by atoms with E-state index >= 15 is 0 Å². The van der Waals surface area contributed by atoms with Crippen molar-refractivity contribution in [2.75, 3.05) is 19.8 Å². The number of aliphatic hydroxyl groups excluding tert-OH is 1. The summed E-state index contributed by atoms with van der Waals surface area (Å²) >= 11 is 0. The highest BCUT2D eigenvalue weighted by molar-refractivity contribution is 5.71. The lowest BCUT2D eigenvalue weighted by Gasteiger charge is -2.15. The first-order chi connectivity index (χ1) is 23.2. The quantitative estimate of drug-likeness (QED) is 0.0420. The Hall–Kier alpha value is -2.17. The smallest absolute Gasteiger partial charge is 0.310 e. The Labute approximate surface area is 291 Å². The Bertz CT molecular complexity index is 820. The Morgan fingerprint density at radius 3 is 1.43 bits per heavy atom. The third-order valence-corrected chi connectivity index (χ3v) is 8.05. The normalized spacial score (nSPS) is 13.2. The zero-order chi connectivity index (χ0) is 34.1. The lowest BCUT2D eigenvalue weighted by atomic mass is 10.1. The Morgan fingerprint density at radius 2 is 0.957 bits per heavy atom. The van der Waals surface area contributed by atoms with Crippen LogP contribution in [0.2, 0.25) is 0 Å². The molecule has 47 heavy (non-hydrogen) atoms. The number of ether oxygens (including phenoxy) is 2. The Morgan fingerprint density at radius 1 is 0.532 bits per heavy atom. The van der Waals surface area contributed by atoms with Crippen LogP contribution in [0.25, 0.3) is 0 Å². The second kappa shape index (κ2) is 40.0. The van der Waals surface area contributed by atoms with E-state index in [1.165, 1.54) is 109 Å². The predicted octanol–water partition coefficient (Wildman–Crippen LogP) is 12.6. The molecule has 1 N–H and O–H groups in total. The van der Waals surface area contributed by atoms with Crippen molar-refractivity contribution in [1.82, 2.24) is 0 Å². The van der Waals surface area contributed by atoms with Gasteiger partial charge in [0.15, 0.2) is 0 Å². The molecule has 1 atom stereocenters. The highest BCUT2D eigenvalue weighted by atomic mass is 16.6. The molecule has 0 aliphatic heterocycles. The van der Waals surface area contributed by atoms with E-state index in [-0.39, 0.29) is 25.6 Å². The first-order valence-corrected chi connectivity index (χ1v) is 19.5. The summed E-state index contributed by atoms with van der Waals surface area (Å²) in [7, 11) is 0. The van der Waals surface area contributed by atoms with Crippen LogP contribution in [-0.4, -0.2) is 37.0 Å². The summed E-state index contributed by atoms with van der Waals surface area (Å²) in [6, 6.07) is 0. The molecule has 0 aromatic heterocycles. The van der Waals surface area contributed by atoms with Gasteiger partial charge in [0.2, 0.25) is 0 Å². The number of unbranched alkanes of at least 4 members (excludes halogenated alkanes) is 16. The van der Waals surface area contributed by atoms with Crippen molar-refractivity contribution in [3.05, 3.63) is 72.9 Å². The molecule has 0 aromatic rings. The van der Waals surface area contributed by atoms with E-state index in [2.05, 4.69) is 74.6 Å². The van der Waals surface area contributed by atoms with Crippen LogP contribution < -0.4 is 0 Å². The average molecular weight is 655 g/mol. The van der Waals surface area contributed by atoms with Crippen molar-refractivity contribution >= 4 is 5.97 Å². The molecule has 0 aliphatic carbocycles. The zero-order valence-corrected chi connectivity index (χ0v) is 30.8. The van der Waals surface area contributed by atoms with Gasteiger partial charge in [-0.2, -0.15) is 0 Å². The number of aliphatic hydroxyl groups is 1. The molecule has 1 unspecified atom stereocenters. The van der Waals surface area contributed by atoms with Crippen molar-refractivity contribution in [3.8, 4) is 0 Å². The summed E-state index contributed by atoms with van der Waals surface area (Å²) in [5.41, 5.74) is 0. The molecule has 0 rings (SSSR count). The van der Waals surface area contributed by atoms with E-state index in [4.69, 9.17) is 9.47 Å². The maximum Gasteiger partial charge on any atom is 0.310 e. The van der Waals surface area contributed by atoms with Crippen LogP contribution in [0.3, 0.4) is 0 Å². The second-order valence-electron chi connectivity index (χ2n) is 12.6. The summed E-state index contributed by atoms with van der Waals surface area (Å²) in [6.45, 7) is 5.11. The standard InChI is InChI=1S/C43H74O4/c1-3-5-7-9-11-13-15-17-19-20-21-22-23-25-27-29-31-33-35-37-39-46-41-42(40-44)47-43(45)38-36-34-32-30-28-26-24-18-16-14-12-10-8-6-4-2/h6,8,12,14,17-19,24,28,30,34,36,42,44H,3-5,7,9-11,13,15-16,20-23,25-27,29,31-33,35,37-41H2,1-2H3/b8-6-,14-12-,19-17-,24-18-,30-28-,36-34-. The monoisotopic (exact) mass is 655 g/mol. The molecular formula is C43H74O4. The molecule has 4 heteroatoms. The number of allylic oxidation sites excluding steroid dienone is 11. The third kappa shape index (κ3) is 38.2. The van der Waals surface area contributed by atoms with E-state index in [1.54, 1.807) is 0 Å². The van der Waals surface area contributed by atoms with Crippen molar-refractivity contribution in [1.29, 1.82) is 0 Å². The topological polar surface area (TPSA) is 55.8 Å². The van der Waals surface area contributed by atoms with E-state index in [0.29, 0.717) is 6.61 Å². The fourth-order valence-electron chi connectivity index (χ4n) is 5.16. The molecule has 0 amide bonds. The SMILES string of the molecule is CC/C=C\C/C=C\C/C=C\C/C=C\C/C=C\CC(=O)OC(CO)COCCCCCCCCCCCC/C=C\CCCCCCCC. The summed E-state index contributed by atoms with van der Waals surface area (Å²) in [4.78, 5) is 12.1. The molecule has 0 heterocycles. The van der Waals surface area contributed by atoms with Crippen LogP contribution in [-0.2, 0) is 14.3 Å². The molecule has 0 bridgehead atoms. The molecule has 4 nitrogen and oxygen atoms in total. The number of carbonyl (C=O) groups is 1. The van der Waals surface area contributed by atoms with Crippen molar-refractivity contribution in [3.63, 3.8) is 0 Å². The zero-order valence-electron chi connectivity index (χ0n) is 30.8. The highest BCUT2D eigenvalue weighted by Gasteiger charge is 2.12. The van der Waals surface area contributed by atoms with Gasteiger partial charge in [-0.25, -0.2) is 0 Å². The lowest BCUT2D eigenvalue weighted by molar-refractivity contribution is -0.153. The van der Waals surface area contributed by atoms with Gasteiger partial charge in [0.05, 0.1) is 19.6 Å². The fourth-order valence-corrected chi connectivity index (χ4v) is 5.16. The van der Waals surface area contributed by atoms with Gasteiger partial charge >= 0.3 is 5.97 Å².